The van der Waals surface area contributed by atoms with Crippen molar-refractivity contribution >= 4 is 55.1 Å². The van der Waals surface area contributed by atoms with Crippen LogP contribution in [0.3, 0.4) is 0 Å². The quantitative estimate of drug-likeness (QED) is 0.531. The van der Waals surface area contributed by atoms with Gasteiger partial charge in [0.25, 0.3) is 0 Å². The van der Waals surface area contributed by atoms with Crippen LogP contribution in [0.5, 0.6) is 0 Å². The molecule has 0 aliphatic carbocycles. The van der Waals surface area contributed by atoms with Gasteiger partial charge in [0.1, 0.15) is 5.82 Å². The zero-order valence-electron chi connectivity index (χ0n) is 11.6. The Kier molecular flexibility index (Phi) is 4.22. The molecule has 0 bridgehead atoms. The SMILES string of the molecule is CC(Cl)c1nc2cc(I)ccc2n1C1CCCS(=O)(=O)C1. The fraction of sp³-hybridized carbons (Fsp3) is 0.500. The molecule has 2 unspecified atom stereocenters. The lowest BCUT2D eigenvalue weighted by molar-refractivity contribution is 0.466. The fourth-order valence-electron chi connectivity index (χ4n) is 2.96. The fourth-order valence-corrected chi connectivity index (χ4v) is 5.26. The summed E-state index contributed by atoms with van der Waals surface area (Å²) < 4.78 is 27.1. The van der Waals surface area contributed by atoms with Gasteiger partial charge in [0.05, 0.1) is 27.9 Å². The highest BCUT2D eigenvalue weighted by molar-refractivity contribution is 14.1. The van der Waals surface area contributed by atoms with Gasteiger partial charge in [-0.2, -0.15) is 0 Å². The van der Waals surface area contributed by atoms with E-state index in [9.17, 15) is 8.42 Å². The summed E-state index contributed by atoms with van der Waals surface area (Å²) in [4.78, 5) is 4.63. The van der Waals surface area contributed by atoms with Crippen LogP contribution in [0.1, 0.15) is 37.0 Å². The Hall–Kier alpha value is -0.340. The zero-order valence-corrected chi connectivity index (χ0v) is 15.3. The minimum atomic E-state index is -2.97. The highest BCUT2D eigenvalue weighted by Gasteiger charge is 2.29. The molecule has 21 heavy (non-hydrogen) atoms. The molecular weight excluding hydrogens is 423 g/mol. The molecule has 2 atom stereocenters. The lowest BCUT2D eigenvalue weighted by Crippen LogP contribution is -2.28. The van der Waals surface area contributed by atoms with Crippen LogP contribution in [-0.4, -0.2) is 29.5 Å². The smallest absolute Gasteiger partial charge is 0.152 e. The minimum absolute atomic E-state index is 0.0648. The maximum absolute atomic E-state index is 12.0. The lowest BCUT2D eigenvalue weighted by Gasteiger charge is -2.26. The predicted octanol–water partition coefficient (Wildman–Crippen LogP) is 3.69. The summed E-state index contributed by atoms with van der Waals surface area (Å²) in [5, 5.41) is -0.250. The number of rotatable bonds is 2. The lowest BCUT2D eigenvalue weighted by atomic mass is 10.1. The van der Waals surface area contributed by atoms with Gasteiger partial charge >= 0.3 is 0 Å². The molecular formula is C14H16ClIN2O2S. The van der Waals surface area contributed by atoms with Gasteiger partial charge in [-0.3, -0.25) is 0 Å². The third kappa shape index (κ3) is 3.07. The molecule has 0 saturated carbocycles. The minimum Gasteiger partial charge on any atom is -0.323 e. The monoisotopic (exact) mass is 438 g/mol. The van der Waals surface area contributed by atoms with Crippen molar-refractivity contribution in [1.82, 2.24) is 9.55 Å². The molecule has 3 rings (SSSR count). The summed E-state index contributed by atoms with van der Waals surface area (Å²) in [6, 6.07) is 5.96. The summed E-state index contributed by atoms with van der Waals surface area (Å²) >= 11 is 8.52. The van der Waals surface area contributed by atoms with Crippen LogP contribution in [-0.2, 0) is 9.84 Å². The zero-order chi connectivity index (χ0) is 15.2. The molecule has 0 N–H and O–H groups in total. The first-order chi connectivity index (χ1) is 9.87. The highest BCUT2D eigenvalue weighted by Crippen LogP contribution is 2.33. The maximum atomic E-state index is 12.0. The normalized spacial score (nSPS) is 23.3. The first-order valence-electron chi connectivity index (χ1n) is 6.89. The molecule has 114 valence electrons. The summed E-state index contributed by atoms with van der Waals surface area (Å²) in [5.74, 6) is 1.23. The Labute approximate surface area is 142 Å². The second-order valence-corrected chi connectivity index (χ2v) is 9.63. The van der Waals surface area contributed by atoms with Crippen LogP contribution < -0.4 is 0 Å². The largest absolute Gasteiger partial charge is 0.323 e. The number of halogens is 2. The average Bonchev–Trinajstić information content (AvgIpc) is 2.76. The van der Waals surface area contributed by atoms with Crippen molar-refractivity contribution in [2.24, 2.45) is 0 Å². The first-order valence-corrected chi connectivity index (χ1v) is 10.2. The Morgan fingerprint density at radius 1 is 1.48 bits per heavy atom. The van der Waals surface area contributed by atoms with E-state index in [4.69, 9.17) is 11.6 Å². The summed E-state index contributed by atoms with van der Waals surface area (Å²) in [7, 11) is -2.97. The molecule has 2 heterocycles. The Balaban J connectivity index is 2.17. The van der Waals surface area contributed by atoms with E-state index in [1.807, 2.05) is 29.7 Å². The van der Waals surface area contributed by atoms with Crippen molar-refractivity contribution < 1.29 is 8.42 Å². The van der Waals surface area contributed by atoms with E-state index in [2.05, 4.69) is 27.6 Å². The third-order valence-electron chi connectivity index (χ3n) is 3.84. The van der Waals surface area contributed by atoms with Crippen LogP contribution in [0.2, 0.25) is 0 Å². The molecule has 0 radical (unpaired) electrons. The number of aromatic nitrogens is 2. The molecule has 2 aromatic rings. The van der Waals surface area contributed by atoms with E-state index in [1.165, 1.54) is 0 Å². The molecule has 0 spiro atoms. The van der Waals surface area contributed by atoms with Gasteiger partial charge in [-0.05, 0) is 60.6 Å². The summed E-state index contributed by atoms with van der Waals surface area (Å²) in [5.41, 5.74) is 1.85. The average molecular weight is 439 g/mol. The van der Waals surface area contributed by atoms with E-state index < -0.39 is 9.84 Å². The number of nitrogens with zero attached hydrogens (tertiary/aromatic N) is 2. The predicted molar refractivity (Wildman–Crippen MR) is 93.6 cm³/mol. The molecule has 1 saturated heterocycles. The van der Waals surface area contributed by atoms with Crippen LogP contribution in [0.4, 0.5) is 0 Å². The number of fused-ring (bicyclic) bond motifs is 1. The number of alkyl halides is 1. The Bertz CT molecular complexity index is 786. The van der Waals surface area contributed by atoms with Crippen LogP contribution in [0.15, 0.2) is 18.2 Å². The molecule has 1 aliphatic rings. The van der Waals surface area contributed by atoms with E-state index in [0.29, 0.717) is 12.2 Å². The molecule has 7 heteroatoms. The van der Waals surface area contributed by atoms with E-state index >= 15 is 0 Å². The van der Waals surface area contributed by atoms with Gasteiger partial charge in [0.2, 0.25) is 0 Å². The van der Waals surface area contributed by atoms with Crippen LogP contribution in [0.25, 0.3) is 11.0 Å². The van der Waals surface area contributed by atoms with Crippen molar-refractivity contribution in [1.29, 1.82) is 0 Å². The van der Waals surface area contributed by atoms with Crippen molar-refractivity contribution in [2.45, 2.75) is 31.2 Å². The molecule has 4 nitrogen and oxygen atoms in total. The number of benzene rings is 1. The van der Waals surface area contributed by atoms with Crippen LogP contribution in [0, 0.1) is 3.57 Å². The molecule has 1 aromatic carbocycles. The molecule has 1 aromatic heterocycles. The van der Waals surface area contributed by atoms with Crippen molar-refractivity contribution in [2.75, 3.05) is 11.5 Å². The topological polar surface area (TPSA) is 52.0 Å². The summed E-state index contributed by atoms with van der Waals surface area (Å²) in [6.07, 6.45) is 1.56. The van der Waals surface area contributed by atoms with Crippen molar-refractivity contribution in [3.8, 4) is 0 Å². The van der Waals surface area contributed by atoms with Gasteiger partial charge in [-0.15, -0.1) is 11.6 Å². The van der Waals surface area contributed by atoms with Crippen molar-refractivity contribution in [3.63, 3.8) is 0 Å². The molecule has 1 fully saturated rings. The second kappa shape index (κ2) is 5.70. The number of hydrogen-bond acceptors (Lipinski definition) is 3. The highest BCUT2D eigenvalue weighted by atomic mass is 127. The molecule has 1 aliphatic heterocycles. The number of sulfone groups is 1. The Morgan fingerprint density at radius 2 is 2.24 bits per heavy atom. The maximum Gasteiger partial charge on any atom is 0.152 e. The van der Waals surface area contributed by atoms with E-state index in [-0.39, 0.29) is 17.2 Å². The summed E-state index contributed by atoms with van der Waals surface area (Å²) in [6.45, 7) is 1.88. The van der Waals surface area contributed by atoms with Gasteiger partial charge < -0.3 is 4.57 Å². The van der Waals surface area contributed by atoms with Gasteiger partial charge in [-0.1, -0.05) is 0 Å². The number of hydrogen-bond donors (Lipinski definition) is 0. The second-order valence-electron chi connectivity index (χ2n) is 5.50. The standard InChI is InChI=1S/C14H16ClIN2O2S/c1-9(15)14-17-12-7-10(16)4-5-13(12)18(14)11-3-2-6-21(19,20)8-11/h4-5,7,9,11H,2-3,6,8H2,1H3. The third-order valence-corrected chi connectivity index (χ3v) is 6.51. The van der Waals surface area contributed by atoms with Crippen molar-refractivity contribution in [3.05, 3.63) is 27.6 Å². The van der Waals surface area contributed by atoms with Gasteiger partial charge in [0.15, 0.2) is 9.84 Å². The van der Waals surface area contributed by atoms with E-state index in [0.717, 1.165) is 26.8 Å². The van der Waals surface area contributed by atoms with Gasteiger partial charge in [0, 0.05) is 9.61 Å². The van der Waals surface area contributed by atoms with Crippen LogP contribution >= 0.6 is 34.2 Å². The number of imidazole rings is 1. The molecule has 0 amide bonds. The van der Waals surface area contributed by atoms with Gasteiger partial charge in [-0.25, -0.2) is 13.4 Å². The van der Waals surface area contributed by atoms with E-state index in [1.54, 1.807) is 0 Å². The Morgan fingerprint density at radius 3 is 2.90 bits per heavy atom. The first kappa shape index (κ1) is 15.6.